The van der Waals surface area contributed by atoms with Gasteiger partial charge in [-0.05, 0) is 82.9 Å². The fraction of sp³-hybridized carbons (Fsp3) is 0.422. The van der Waals surface area contributed by atoms with Crippen LogP contribution in [0, 0.1) is 0 Å². The number of nitrogens with zero attached hydrogens (tertiary/aromatic N) is 4. The molecule has 3 N–H and O–H groups in total. The Morgan fingerprint density at radius 2 is 1.41 bits per heavy atom. The van der Waals surface area contributed by atoms with Gasteiger partial charge in [0, 0.05) is 11.5 Å². The Kier molecular flexibility index (Phi) is 12.4. The van der Waals surface area contributed by atoms with Crippen LogP contribution in [-0.2, 0) is 18.3 Å². The van der Waals surface area contributed by atoms with Crippen molar-refractivity contribution in [2.45, 2.75) is 108 Å². The minimum absolute atomic E-state index is 0.0655. The fourth-order valence-corrected chi connectivity index (χ4v) is 9.77. The molecule has 0 radical (unpaired) electrons. The SMILES string of the molecule is CC(C)(C)[Si](C)(C)OC[C@H]1O[C@@H](n2cnc3c(NC(=O)c4ccccc4)ncnc32)[C@H](O[Si](C)(C)C(C)(C)C)[C@@H]1NC(=S)NC(=O)OCC1c2ccccc2-c2ccccc21. The first kappa shape index (κ1) is 44.2. The average molecular weight is 880 g/mol. The lowest BCUT2D eigenvalue weighted by molar-refractivity contribution is -0.0446. The van der Waals surface area contributed by atoms with Gasteiger partial charge in [-0.1, -0.05) is 108 Å². The van der Waals surface area contributed by atoms with Gasteiger partial charge in [-0.3, -0.25) is 14.7 Å². The van der Waals surface area contributed by atoms with Crippen LogP contribution in [0.15, 0.2) is 91.5 Å². The molecule has 322 valence electrons. The monoisotopic (exact) mass is 879 g/mol. The number of ether oxygens (including phenoxy) is 2. The lowest BCUT2D eigenvalue weighted by Gasteiger charge is -2.41. The molecule has 1 saturated heterocycles. The molecule has 1 aliphatic carbocycles. The summed E-state index contributed by atoms with van der Waals surface area (Å²) in [5.74, 6) is -0.168. The summed E-state index contributed by atoms with van der Waals surface area (Å²) in [6.07, 6.45) is 0.327. The number of anilines is 1. The molecule has 2 amide bonds. The molecule has 1 fully saturated rings. The van der Waals surface area contributed by atoms with E-state index in [0.717, 1.165) is 22.3 Å². The summed E-state index contributed by atoms with van der Waals surface area (Å²) >= 11 is 5.86. The second kappa shape index (κ2) is 17.1. The van der Waals surface area contributed by atoms with Crippen LogP contribution >= 0.6 is 12.2 Å². The Bertz CT molecular complexity index is 2370. The third-order valence-corrected chi connectivity index (χ3v) is 22.0. The second-order valence-electron chi connectivity index (χ2n) is 18.8. The second-order valence-corrected chi connectivity index (χ2v) is 28.8. The molecule has 1 aliphatic heterocycles. The standard InChI is InChI=1S/C45H57N7O6SSi2/c1-44(2,3)60(7,8)56-25-34-35(49-42(59)51-43(54)55-24-33-31-22-16-14-20-29(31)30-21-15-17-23-32(30)33)37(58-61(9,10)45(4,5)6)41(57-34)52-27-48-36-38(46-26-47-39(36)52)50-40(53)28-18-12-11-13-19-28/h11-23,26-27,33-35,37,41H,24-25H2,1-10H3,(H,46,47,50,53)(H2,49,51,54,59)/t34-,35-,37-,41-/m1/s1. The van der Waals surface area contributed by atoms with E-state index in [4.69, 9.17) is 35.5 Å². The number of carbonyl (C=O) groups excluding carboxylic acids is 2. The minimum Gasteiger partial charge on any atom is -0.448 e. The molecule has 2 aliphatic rings. The first-order valence-corrected chi connectivity index (χ1v) is 26.9. The number of hydrogen-bond donors (Lipinski definition) is 3. The highest BCUT2D eigenvalue weighted by atomic mass is 32.1. The zero-order chi connectivity index (χ0) is 43.9. The summed E-state index contributed by atoms with van der Waals surface area (Å²) in [5.41, 5.74) is 5.83. The van der Waals surface area contributed by atoms with Crippen molar-refractivity contribution in [2.75, 3.05) is 18.5 Å². The first-order chi connectivity index (χ1) is 28.8. The Hall–Kier alpha value is -4.85. The maximum atomic E-state index is 13.5. The molecule has 3 aromatic carbocycles. The molecule has 2 aromatic heterocycles. The Balaban J connectivity index is 1.17. The van der Waals surface area contributed by atoms with Crippen LogP contribution in [0.5, 0.6) is 0 Å². The molecule has 3 heterocycles. The number of imidazole rings is 1. The highest BCUT2D eigenvalue weighted by Gasteiger charge is 2.52. The Morgan fingerprint density at radius 3 is 2.03 bits per heavy atom. The highest BCUT2D eigenvalue weighted by Crippen LogP contribution is 2.46. The Morgan fingerprint density at radius 1 is 0.803 bits per heavy atom. The van der Waals surface area contributed by atoms with Gasteiger partial charge in [-0.15, -0.1) is 0 Å². The molecule has 7 rings (SSSR count). The number of rotatable bonds is 11. The maximum Gasteiger partial charge on any atom is 0.413 e. The summed E-state index contributed by atoms with van der Waals surface area (Å²) in [6, 6.07) is 24.7. The van der Waals surface area contributed by atoms with Crippen LogP contribution < -0.4 is 16.0 Å². The summed E-state index contributed by atoms with van der Waals surface area (Å²) in [7, 11) is -4.79. The van der Waals surface area contributed by atoms with Gasteiger partial charge >= 0.3 is 6.09 Å². The molecule has 13 nitrogen and oxygen atoms in total. The largest absolute Gasteiger partial charge is 0.448 e. The van der Waals surface area contributed by atoms with Crippen molar-refractivity contribution in [3.63, 3.8) is 0 Å². The van der Waals surface area contributed by atoms with Gasteiger partial charge in [-0.2, -0.15) is 0 Å². The topological polar surface area (TPSA) is 151 Å². The van der Waals surface area contributed by atoms with E-state index in [1.54, 1.807) is 30.6 Å². The third-order valence-electron chi connectivity index (χ3n) is 12.8. The maximum absolute atomic E-state index is 13.5. The van der Waals surface area contributed by atoms with Gasteiger partial charge in [0.25, 0.3) is 5.91 Å². The van der Waals surface area contributed by atoms with Crippen LogP contribution in [0.1, 0.15) is 75.2 Å². The quantitative estimate of drug-likeness (QED) is 0.0861. The van der Waals surface area contributed by atoms with Gasteiger partial charge in [0.05, 0.1) is 19.0 Å². The lowest BCUT2D eigenvalue weighted by atomic mass is 9.98. The zero-order valence-electron chi connectivity index (χ0n) is 36.6. The lowest BCUT2D eigenvalue weighted by Crippen LogP contribution is -2.57. The molecule has 16 heteroatoms. The minimum atomic E-state index is -2.52. The number of benzene rings is 3. The number of thiocarbonyl (C=S) groups is 1. The van der Waals surface area contributed by atoms with Crippen molar-refractivity contribution in [1.29, 1.82) is 0 Å². The molecule has 4 atom stereocenters. The van der Waals surface area contributed by atoms with E-state index in [0.29, 0.717) is 16.7 Å². The number of fused-ring (bicyclic) bond motifs is 4. The summed E-state index contributed by atoms with van der Waals surface area (Å²) < 4.78 is 28.7. The van der Waals surface area contributed by atoms with E-state index in [-0.39, 0.29) is 46.0 Å². The molecule has 0 bridgehead atoms. The molecular weight excluding hydrogens is 823 g/mol. The fourth-order valence-electron chi connectivity index (χ4n) is 7.24. The van der Waals surface area contributed by atoms with Gasteiger partial charge in [0.1, 0.15) is 25.1 Å². The van der Waals surface area contributed by atoms with Gasteiger partial charge in [-0.25, -0.2) is 19.7 Å². The molecular formula is C45H57N7O6SSi2. The van der Waals surface area contributed by atoms with Crippen LogP contribution in [0.25, 0.3) is 22.3 Å². The third kappa shape index (κ3) is 9.20. The first-order valence-electron chi connectivity index (χ1n) is 20.7. The van der Waals surface area contributed by atoms with E-state index in [2.05, 4.69) is 118 Å². The predicted octanol–water partition coefficient (Wildman–Crippen LogP) is 9.17. The van der Waals surface area contributed by atoms with Crippen LogP contribution in [-0.4, -0.2) is 84.7 Å². The molecule has 5 aromatic rings. The van der Waals surface area contributed by atoms with E-state index in [1.807, 2.05) is 34.9 Å². The van der Waals surface area contributed by atoms with Crippen molar-refractivity contribution in [3.05, 3.63) is 108 Å². The van der Waals surface area contributed by atoms with Gasteiger partial charge < -0.3 is 29.0 Å². The van der Waals surface area contributed by atoms with Crippen molar-refractivity contribution in [1.82, 2.24) is 30.2 Å². The van der Waals surface area contributed by atoms with E-state index >= 15 is 0 Å². The van der Waals surface area contributed by atoms with E-state index < -0.39 is 47.2 Å². The van der Waals surface area contributed by atoms with Crippen LogP contribution in [0.3, 0.4) is 0 Å². The number of alkyl carbamates (subject to hydrolysis) is 1. The van der Waals surface area contributed by atoms with E-state index in [1.165, 1.54) is 6.33 Å². The van der Waals surface area contributed by atoms with Gasteiger partial charge in [0.15, 0.2) is 45.0 Å². The van der Waals surface area contributed by atoms with Gasteiger partial charge in [0.2, 0.25) is 0 Å². The number of nitrogens with one attached hydrogen (secondary N) is 3. The molecule has 61 heavy (non-hydrogen) atoms. The number of amides is 2. The number of aromatic nitrogens is 4. The Labute approximate surface area is 365 Å². The van der Waals surface area contributed by atoms with Crippen molar-refractivity contribution < 1.29 is 27.9 Å². The summed E-state index contributed by atoms with van der Waals surface area (Å²) in [4.78, 5) is 40.4. The zero-order valence-corrected chi connectivity index (χ0v) is 39.4. The normalized spacial score (nSPS) is 19.3. The average Bonchev–Trinajstić information content (AvgIpc) is 3.88. The number of hydrogen-bond acceptors (Lipinski definition) is 10. The molecule has 0 unspecified atom stereocenters. The molecule has 0 spiro atoms. The van der Waals surface area contributed by atoms with Crippen molar-refractivity contribution in [3.8, 4) is 11.1 Å². The molecule has 0 saturated carbocycles. The number of carbonyl (C=O) groups is 2. The predicted molar refractivity (Wildman–Crippen MR) is 247 cm³/mol. The summed E-state index contributed by atoms with van der Waals surface area (Å²) in [6.45, 7) is 22.2. The summed E-state index contributed by atoms with van der Waals surface area (Å²) in [5, 5.41) is 8.92. The van der Waals surface area contributed by atoms with Crippen molar-refractivity contribution >= 4 is 62.9 Å². The van der Waals surface area contributed by atoms with E-state index in [9.17, 15) is 9.59 Å². The highest BCUT2D eigenvalue weighted by molar-refractivity contribution is 7.80. The smallest absolute Gasteiger partial charge is 0.413 e. The van der Waals surface area contributed by atoms with Crippen LogP contribution in [0.2, 0.25) is 36.3 Å². The van der Waals surface area contributed by atoms with Crippen molar-refractivity contribution in [2.24, 2.45) is 0 Å². The van der Waals surface area contributed by atoms with Crippen LogP contribution in [0.4, 0.5) is 10.6 Å².